The van der Waals surface area contributed by atoms with E-state index in [1.54, 1.807) is 31.2 Å². The molecule has 6 nitrogen and oxygen atoms in total. The van der Waals surface area contributed by atoms with E-state index in [-0.39, 0.29) is 18.5 Å². The van der Waals surface area contributed by atoms with Crippen molar-refractivity contribution in [3.8, 4) is 11.8 Å². The van der Waals surface area contributed by atoms with Crippen LogP contribution < -0.4 is 11.1 Å². The van der Waals surface area contributed by atoms with Gasteiger partial charge in [-0.15, -0.1) is 0 Å². The van der Waals surface area contributed by atoms with Crippen LogP contribution in [0.25, 0.3) is 0 Å². The largest absolute Gasteiger partial charge is 0.328 e. The van der Waals surface area contributed by atoms with E-state index in [0.717, 1.165) is 5.56 Å². The van der Waals surface area contributed by atoms with Crippen molar-refractivity contribution in [1.29, 1.82) is 0 Å². The van der Waals surface area contributed by atoms with E-state index in [1.807, 2.05) is 0 Å². The molecule has 0 aliphatic heterocycles. The Morgan fingerprint density at radius 1 is 1.53 bits per heavy atom. The standard InChI is InChI=1S/C13H12N4O2/c1-9-15-13(19-17-9)16-12(18)11-6-2-4-10(8-11)5-3-7-14/h2,4,6,8H,7,14H2,1H3,(H,15,16,17,18). The molecule has 0 unspecified atom stereocenters. The highest BCUT2D eigenvalue weighted by Gasteiger charge is 2.10. The van der Waals surface area contributed by atoms with Crippen LogP contribution in [0.15, 0.2) is 28.8 Å². The highest BCUT2D eigenvalue weighted by Crippen LogP contribution is 2.08. The number of rotatable bonds is 2. The maximum absolute atomic E-state index is 11.9. The van der Waals surface area contributed by atoms with Gasteiger partial charge < -0.3 is 10.3 Å². The zero-order valence-corrected chi connectivity index (χ0v) is 10.3. The quantitative estimate of drug-likeness (QED) is 0.780. The number of hydrogen-bond donors (Lipinski definition) is 2. The first-order valence-corrected chi connectivity index (χ1v) is 5.59. The van der Waals surface area contributed by atoms with Crippen LogP contribution >= 0.6 is 0 Å². The Morgan fingerprint density at radius 2 is 2.37 bits per heavy atom. The molecule has 2 rings (SSSR count). The molecule has 0 aliphatic carbocycles. The van der Waals surface area contributed by atoms with E-state index >= 15 is 0 Å². The third-order valence-electron chi connectivity index (χ3n) is 2.21. The zero-order chi connectivity index (χ0) is 13.7. The van der Waals surface area contributed by atoms with Crippen LogP contribution in [-0.2, 0) is 0 Å². The lowest BCUT2D eigenvalue weighted by atomic mass is 10.1. The van der Waals surface area contributed by atoms with Crippen molar-refractivity contribution in [2.24, 2.45) is 5.73 Å². The zero-order valence-electron chi connectivity index (χ0n) is 10.3. The van der Waals surface area contributed by atoms with Crippen LogP contribution in [0.4, 0.5) is 6.01 Å². The van der Waals surface area contributed by atoms with Gasteiger partial charge in [0.25, 0.3) is 5.91 Å². The molecule has 0 saturated carbocycles. The van der Waals surface area contributed by atoms with Crippen molar-refractivity contribution in [3.05, 3.63) is 41.2 Å². The number of amides is 1. The average molecular weight is 256 g/mol. The summed E-state index contributed by atoms with van der Waals surface area (Å²) in [5.74, 6) is 5.71. The second kappa shape index (κ2) is 5.80. The molecule has 0 radical (unpaired) electrons. The van der Waals surface area contributed by atoms with Crippen LogP contribution in [0.3, 0.4) is 0 Å². The Kier molecular flexibility index (Phi) is 3.90. The average Bonchev–Trinajstić information content (AvgIpc) is 2.82. The summed E-state index contributed by atoms with van der Waals surface area (Å²) < 4.78 is 4.81. The van der Waals surface area contributed by atoms with Crippen LogP contribution in [-0.4, -0.2) is 22.6 Å². The summed E-state index contributed by atoms with van der Waals surface area (Å²) in [6.45, 7) is 1.94. The lowest BCUT2D eigenvalue weighted by molar-refractivity contribution is 0.102. The molecule has 0 aliphatic rings. The maximum atomic E-state index is 11.9. The molecule has 3 N–H and O–H groups in total. The minimum Gasteiger partial charge on any atom is -0.320 e. The van der Waals surface area contributed by atoms with Gasteiger partial charge in [0, 0.05) is 11.1 Å². The number of nitrogens with zero attached hydrogens (tertiary/aromatic N) is 2. The van der Waals surface area contributed by atoms with E-state index in [4.69, 9.17) is 10.3 Å². The van der Waals surface area contributed by atoms with Crippen LogP contribution in [0.2, 0.25) is 0 Å². The van der Waals surface area contributed by atoms with Crippen molar-refractivity contribution in [1.82, 2.24) is 10.1 Å². The summed E-state index contributed by atoms with van der Waals surface area (Å²) in [4.78, 5) is 15.8. The molecule has 6 heteroatoms. The number of carbonyl (C=O) groups excluding carboxylic acids is 1. The van der Waals surface area contributed by atoms with Crippen molar-refractivity contribution >= 4 is 11.9 Å². The summed E-state index contributed by atoms with van der Waals surface area (Å²) in [6.07, 6.45) is 0. The Morgan fingerprint density at radius 3 is 3.05 bits per heavy atom. The number of carbonyl (C=O) groups is 1. The van der Waals surface area contributed by atoms with Crippen LogP contribution in [0.5, 0.6) is 0 Å². The molecular weight excluding hydrogens is 244 g/mol. The second-order valence-electron chi connectivity index (χ2n) is 3.69. The summed E-state index contributed by atoms with van der Waals surface area (Å²) in [5, 5.41) is 6.09. The monoisotopic (exact) mass is 256 g/mol. The normalized spacial score (nSPS) is 9.58. The molecular formula is C13H12N4O2. The molecule has 0 fully saturated rings. The van der Waals surface area contributed by atoms with Gasteiger partial charge in [0.15, 0.2) is 5.82 Å². The van der Waals surface area contributed by atoms with Crippen LogP contribution in [0, 0.1) is 18.8 Å². The Balaban J connectivity index is 2.15. The molecule has 19 heavy (non-hydrogen) atoms. The second-order valence-corrected chi connectivity index (χ2v) is 3.69. The molecule has 0 saturated heterocycles. The summed E-state index contributed by atoms with van der Waals surface area (Å²) >= 11 is 0. The summed E-state index contributed by atoms with van der Waals surface area (Å²) in [6, 6.07) is 6.96. The molecule has 0 atom stereocenters. The van der Waals surface area contributed by atoms with Gasteiger partial charge in [-0.25, -0.2) is 0 Å². The fourth-order valence-corrected chi connectivity index (χ4v) is 1.41. The lowest BCUT2D eigenvalue weighted by Gasteiger charge is -2.00. The van der Waals surface area contributed by atoms with Crippen molar-refractivity contribution < 1.29 is 9.32 Å². The summed E-state index contributed by atoms with van der Waals surface area (Å²) in [7, 11) is 0. The fraction of sp³-hybridized carbons (Fsp3) is 0.154. The SMILES string of the molecule is Cc1noc(NC(=O)c2cccc(C#CCN)c2)n1. The first kappa shape index (κ1) is 12.8. The molecule has 2 aromatic rings. The molecule has 0 bridgehead atoms. The predicted octanol–water partition coefficient (Wildman–Crippen LogP) is 0.941. The van der Waals surface area contributed by atoms with Crippen LogP contribution in [0.1, 0.15) is 21.7 Å². The van der Waals surface area contributed by atoms with Gasteiger partial charge in [0.2, 0.25) is 0 Å². The topological polar surface area (TPSA) is 94.0 Å². The number of hydrogen-bond acceptors (Lipinski definition) is 5. The molecule has 96 valence electrons. The van der Waals surface area contributed by atoms with E-state index in [2.05, 4.69) is 27.3 Å². The molecule has 0 spiro atoms. The predicted molar refractivity (Wildman–Crippen MR) is 69.4 cm³/mol. The molecule has 1 heterocycles. The number of nitrogens with two attached hydrogens (primary N) is 1. The Bertz CT molecular complexity index is 652. The van der Waals surface area contributed by atoms with Gasteiger partial charge in [-0.2, -0.15) is 4.98 Å². The van der Waals surface area contributed by atoms with Gasteiger partial charge in [-0.1, -0.05) is 23.1 Å². The molecule has 1 aromatic heterocycles. The lowest BCUT2D eigenvalue weighted by Crippen LogP contribution is -2.12. The molecule has 1 amide bonds. The fourth-order valence-electron chi connectivity index (χ4n) is 1.41. The minimum absolute atomic E-state index is 0.0703. The number of aryl methyl sites for hydroxylation is 1. The van der Waals surface area contributed by atoms with Gasteiger partial charge in [0.05, 0.1) is 6.54 Å². The van der Waals surface area contributed by atoms with Gasteiger partial charge in [-0.3, -0.25) is 10.1 Å². The van der Waals surface area contributed by atoms with E-state index < -0.39 is 0 Å². The number of anilines is 1. The van der Waals surface area contributed by atoms with Crippen molar-refractivity contribution in [3.63, 3.8) is 0 Å². The first-order chi connectivity index (χ1) is 9.19. The summed E-state index contributed by atoms with van der Waals surface area (Å²) in [5.41, 5.74) is 6.48. The third-order valence-corrected chi connectivity index (χ3v) is 2.21. The van der Waals surface area contributed by atoms with E-state index in [0.29, 0.717) is 11.4 Å². The Labute approximate surface area is 110 Å². The first-order valence-electron chi connectivity index (χ1n) is 5.59. The smallest absolute Gasteiger partial charge is 0.320 e. The van der Waals surface area contributed by atoms with Crippen molar-refractivity contribution in [2.45, 2.75) is 6.92 Å². The maximum Gasteiger partial charge on any atom is 0.328 e. The number of benzene rings is 1. The highest BCUT2D eigenvalue weighted by molar-refractivity contribution is 6.03. The van der Waals surface area contributed by atoms with Gasteiger partial charge >= 0.3 is 6.01 Å². The number of nitrogens with one attached hydrogen (secondary N) is 1. The Hall–Kier alpha value is -2.65. The highest BCUT2D eigenvalue weighted by atomic mass is 16.5. The van der Waals surface area contributed by atoms with Gasteiger partial charge in [-0.05, 0) is 25.1 Å². The van der Waals surface area contributed by atoms with E-state index in [1.165, 1.54) is 0 Å². The third kappa shape index (κ3) is 3.40. The number of aromatic nitrogens is 2. The molecule has 1 aromatic carbocycles. The minimum atomic E-state index is -0.333. The van der Waals surface area contributed by atoms with Crippen molar-refractivity contribution in [2.75, 3.05) is 11.9 Å². The van der Waals surface area contributed by atoms with E-state index in [9.17, 15) is 4.79 Å². The van der Waals surface area contributed by atoms with Gasteiger partial charge in [0.1, 0.15) is 0 Å².